The Labute approximate surface area is 126 Å². The second-order valence-electron chi connectivity index (χ2n) is 3.81. The predicted molar refractivity (Wildman–Crippen MR) is 80.2 cm³/mol. The molecular weight excluding hydrogens is 349 g/mol. The molecule has 2 N–H and O–H groups in total. The zero-order valence-electron chi connectivity index (χ0n) is 10.3. The lowest BCUT2D eigenvalue weighted by atomic mass is 10.1. The molecule has 0 aliphatic rings. The molecule has 0 radical (unpaired) electrons. The second-order valence-corrected chi connectivity index (χ2v) is 5.40. The van der Waals surface area contributed by atoms with E-state index in [2.05, 4.69) is 20.9 Å². The molecule has 2 rings (SSSR count). The van der Waals surface area contributed by atoms with Crippen molar-refractivity contribution < 1.29 is 9.31 Å². The molecule has 8 heteroatoms. The van der Waals surface area contributed by atoms with Gasteiger partial charge in [0, 0.05) is 5.56 Å². The summed E-state index contributed by atoms with van der Waals surface area (Å²) in [7, 11) is 0. The lowest BCUT2D eigenvalue weighted by Gasteiger charge is -2.10. The van der Waals surface area contributed by atoms with E-state index in [1.165, 1.54) is 24.3 Å². The van der Waals surface area contributed by atoms with Gasteiger partial charge in [-0.25, -0.2) is 9.37 Å². The van der Waals surface area contributed by atoms with E-state index in [0.717, 1.165) is 11.8 Å². The third-order valence-electron chi connectivity index (χ3n) is 2.61. The second kappa shape index (κ2) is 5.76. The largest absolute Gasteiger partial charge is 0.392 e. The number of nitrogens with zero attached hydrogens (tertiary/aromatic N) is 2. The Balaban J connectivity index is 2.69. The summed E-state index contributed by atoms with van der Waals surface area (Å²) in [5, 5.41) is 11.3. The number of nitrogens with two attached hydrogens (primary N) is 1. The number of nitrogen functional groups attached to an aromatic ring is 1. The third-order valence-corrected chi connectivity index (χ3v) is 4.08. The first-order chi connectivity index (χ1) is 9.45. The molecule has 0 amide bonds. The number of rotatable bonds is 3. The zero-order valence-corrected chi connectivity index (χ0v) is 12.7. The SMILES string of the molecule is CSc1nc(-c2ccc(F)cc2)c(Br)c(N)c1[N+](=O)[O-]. The van der Waals surface area contributed by atoms with Gasteiger partial charge in [-0.2, -0.15) is 0 Å². The fourth-order valence-electron chi connectivity index (χ4n) is 1.67. The zero-order chi connectivity index (χ0) is 14.9. The minimum absolute atomic E-state index is 0.00803. The lowest BCUT2D eigenvalue weighted by molar-refractivity contribution is -0.387. The first kappa shape index (κ1) is 14.7. The molecule has 20 heavy (non-hydrogen) atoms. The normalized spacial score (nSPS) is 10.6. The van der Waals surface area contributed by atoms with Gasteiger partial charge in [0.2, 0.25) is 0 Å². The van der Waals surface area contributed by atoms with Gasteiger partial charge in [-0.15, -0.1) is 11.8 Å². The maximum absolute atomic E-state index is 12.9. The fourth-order valence-corrected chi connectivity index (χ4v) is 2.73. The van der Waals surface area contributed by atoms with Crippen LogP contribution in [0.3, 0.4) is 0 Å². The molecule has 0 aliphatic carbocycles. The topological polar surface area (TPSA) is 82.0 Å². The summed E-state index contributed by atoms with van der Waals surface area (Å²) in [5.74, 6) is -0.371. The molecule has 0 saturated carbocycles. The number of benzene rings is 1. The van der Waals surface area contributed by atoms with E-state index in [4.69, 9.17) is 5.73 Å². The van der Waals surface area contributed by atoms with Gasteiger partial charge < -0.3 is 5.73 Å². The van der Waals surface area contributed by atoms with Crippen LogP contribution in [0, 0.1) is 15.9 Å². The van der Waals surface area contributed by atoms with Crippen LogP contribution in [0.25, 0.3) is 11.3 Å². The number of hydrogen-bond donors (Lipinski definition) is 1. The summed E-state index contributed by atoms with van der Waals surface area (Å²) in [4.78, 5) is 14.7. The number of hydrogen-bond acceptors (Lipinski definition) is 5. The fraction of sp³-hybridized carbons (Fsp3) is 0.0833. The number of pyridine rings is 1. The van der Waals surface area contributed by atoms with Crippen molar-refractivity contribution in [2.24, 2.45) is 0 Å². The molecule has 1 heterocycles. The van der Waals surface area contributed by atoms with E-state index < -0.39 is 4.92 Å². The highest BCUT2D eigenvalue weighted by Crippen LogP contribution is 2.41. The Bertz CT molecular complexity index is 679. The highest BCUT2D eigenvalue weighted by atomic mass is 79.9. The van der Waals surface area contributed by atoms with Crippen LogP contribution in [0.15, 0.2) is 33.8 Å². The molecule has 0 aliphatic heterocycles. The minimum atomic E-state index is -0.562. The van der Waals surface area contributed by atoms with Crippen molar-refractivity contribution in [3.05, 3.63) is 44.7 Å². The van der Waals surface area contributed by atoms with Crippen molar-refractivity contribution in [2.45, 2.75) is 5.03 Å². The van der Waals surface area contributed by atoms with E-state index >= 15 is 0 Å². The molecule has 0 unspecified atom stereocenters. The Kier molecular flexibility index (Phi) is 4.24. The van der Waals surface area contributed by atoms with Crippen molar-refractivity contribution in [1.82, 2.24) is 4.98 Å². The van der Waals surface area contributed by atoms with Crippen LogP contribution < -0.4 is 5.73 Å². The van der Waals surface area contributed by atoms with Crippen molar-refractivity contribution >= 4 is 39.1 Å². The molecule has 2 aromatic rings. The molecular formula is C12H9BrFN3O2S. The summed E-state index contributed by atoms with van der Waals surface area (Å²) in [6.45, 7) is 0. The third kappa shape index (κ3) is 2.61. The van der Waals surface area contributed by atoms with Crippen LogP contribution in [0.4, 0.5) is 15.8 Å². The van der Waals surface area contributed by atoms with Gasteiger partial charge in [-0.05, 0) is 46.5 Å². The van der Waals surface area contributed by atoms with Gasteiger partial charge in [0.15, 0.2) is 5.03 Å². The maximum atomic E-state index is 12.9. The summed E-state index contributed by atoms with van der Waals surface area (Å²) in [6.07, 6.45) is 1.68. The van der Waals surface area contributed by atoms with E-state index in [-0.39, 0.29) is 22.2 Å². The lowest BCUT2D eigenvalue weighted by Crippen LogP contribution is -2.03. The van der Waals surface area contributed by atoms with Crippen molar-refractivity contribution in [2.75, 3.05) is 12.0 Å². The van der Waals surface area contributed by atoms with Crippen LogP contribution >= 0.6 is 27.7 Å². The molecule has 1 aromatic heterocycles. The van der Waals surface area contributed by atoms with Gasteiger partial charge in [-0.1, -0.05) is 0 Å². The van der Waals surface area contributed by atoms with Crippen molar-refractivity contribution in [3.63, 3.8) is 0 Å². The monoisotopic (exact) mass is 357 g/mol. The maximum Gasteiger partial charge on any atom is 0.325 e. The number of thioether (sulfide) groups is 1. The summed E-state index contributed by atoms with van der Waals surface area (Å²) >= 11 is 4.35. The summed E-state index contributed by atoms with van der Waals surface area (Å²) < 4.78 is 13.3. The van der Waals surface area contributed by atoms with Gasteiger partial charge in [0.25, 0.3) is 0 Å². The molecule has 0 spiro atoms. The molecule has 0 saturated heterocycles. The van der Waals surface area contributed by atoms with Gasteiger partial charge in [0.05, 0.1) is 15.1 Å². The van der Waals surface area contributed by atoms with Crippen LogP contribution in [-0.2, 0) is 0 Å². The molecule has 104 valence electrons. The van der Waals surface area contributed by atoms with Crippen molar-refractivity contribution in [1.29, 1.82) is 0 Å². The highest BCUT2D eigenvalue weighted by Gasteiger charge is 2.25. The van der Waals surface area contributed by atoms with Gasteiger partial charge >= 0.3 is 5.69 Å². The van der Waals surface area contributed by atoms with E-state index in [9.17, 15) is 14.5 Å². The standard InChI is InChI=1S/C12H9BrFN3O2S/c1-20-12-11(17(18)19)9(15)8(13)10(16-12)6-2-4-7(14)5-3-6/h2-5H,1H3,(H2,15,16). The number of anilines is 1. The number of halogens is 2. The molecule has 0 bridgehead atoms. The highest BCUT2D eigenvalue weighted by molar-refractivity contribution is 9.10. The van der Waals surface area contributed by atoms with Crippen LogP contribution in [-0.4, -0.2) is 16.2 Å². The van der Waals surface area contributed by atoms with Crippen LogP contribution in [0.2, 0.25) is 0 Å². The number of nitro groups is 1. The summed E-state index contributed by atoms with van der Waals surface area (Å²) in [5.41, 5.74) is 6.66. The molecule has 0 atom stereocenters. The quantitative estimate of drug-likeness (QED) is 0.512. The Morgan fingerprint density at radius 2 is 2.00 bits per heavy atom. The average molecular weight is 358 g/mol. The first-order valence-corrected chi connectivity index (χ1v) is 7.40. The summed E-state index contributed by atoms with van der Waals surface area (Å²) in [6, 6.07) is 5.66. The Morgan fingerprint density at radius 3 is 2.50 bits per heavy atom. The van der Waals surface area contributed by atoms with Crippen LogP contribution in [0.5, 0.6) is 0 Å². The van der Waals surface area contributed by atoms with Crippen LogP contribution in [0.1, 0.15) is 0 Å². The minimum Gasteiger partial charge on any atom is -0.392 e. The van der Waals surface area contributed by atoms with E-state index in [0.29, 0.717) is 15.7 Å². The predicted octanol–water partition coefficient (Wildman–Crippen LogP) is 3.86. The molecule has 1 aromatic carbocycles. The molecule has 5 nitrogen and oxygen atoms in total. The van der Waals surface area contributed by atoms with Gasteiger partial charge in [-0.3, -0.25) is 10.1 Å². The van der Waals surface area contributed by atoms with Crippen molar-refractivity contribution in [3.8, 4) is 11.3 Å². The Hall–Kier alpha value is -1.67. The molecule has 0 fully saturated rings. The smallest absolute Gasteiger partial charge is 0.325 e. The Morgan fingerprint density at radius 1 is 1.40 bits per heavy atom. The average Bonchev–Trinajstić information content (AvgIpc) is 2.42. The van der Waals surface area contributed by atoms with E-state index in [1.807, 2.05) is 0 Å². The van der Waals surface area contributed by atoms with Gasteiger partial charge in [0.1, 0.15) is 11.5 Å². The first-order valence-electron chi connectivity index (χ1n) is 5.39. The van der Waals surface area contributed by atoms with E-state index in [1.54, 1.807) is 6.26 Å². The number of aromatic nitrogens is 1.